The van der Waals surface area contributed by atoms with Gasteiger partial charge in [0.1, 0.15) is 5.75 Å². The first kappa shape index (κ1) is 19.9. The Morgan fingerprint density at radius 1 is 1.08 bits per heavy atom. The maximum atomic E-state index is 12.0. The molecular formula is C19H20IN3O3. The Balaban J connectivity index is 1.78. The van der Waals surface area contributed by atoms with Crippen molar-refractivity contribution in [2.45, 2.75) is 19.9 Å². The minimum absolute atomic E-state index is 0.114. The van der Waals surface area contributed by atoms with Gasteiger partial charge in [-0.2, -0.15) is 5.10 Å². The molecule has 0 heterocycles. The van der Waals surface area contributed by atoms with Crippen molar-refractivity contribution in [2.75, 3.05) is 7.11 Å². The van der Waals surface area contributed by atoms with Crippen LogP contribution in [0.2, 0.25) is 0 Å². The van der Waals surface area contributed by atoms with E-state index in [9.17, 15) is 9.59 Å². The minimum atomic E-state index is -0.306. The molecule has 0 aliphatic rings. The zero-order valence-electron chi connectivity index (χ0n) is 14.6. The van der Waals surface area contributed by atoms with Gasteiger partial charge in [-0.3, -0.25) is 9.59 Å². The van der Waals surface area contributed by atoms with E-state index in [-0.39, 0.29) is 18.2 Å². The van der Waals surface area contributed by atoms with Crippen LogP contribution in [0, 0.1) is 3.57 Å². The summed E-state index contributed by atoms with van der Waals surface area (Å²) in [6.45, 7) is 2.12. The number of hydrogen-bond donors (Lipinski definition) is 2. The molecule has 0 saturated carbocycles. The van der Waals surface area contributed by atoms with E-state index < -0.39 is 0 Å². The predicted molar refractivity (Wildman–Crippen MR) is 109 cm³/mol. The third-order valence-electron chi connectivity index (χ3n) is 3.52. The Morgan fingerprint density at radius 3 is 2.35 bits per heavy atom. The Labute approximate surface area is 166 Å². The van der Waals surface area contributed by atoms with Crippen molar-refractivity contribution in [3.05, 3.63) is 63.2 Å². The smallest absolute Gasteiger partial charge is 0.271 e. The summed E-state index contributed by atoms with van der Waals surface area (Å²) in [6, 6.07) is 14.6. The Morgan fingerprint density at radius 2 is 1.73 bits per heavy atom. The van der Waals surface area contributed by atoms with Gasteiger partial charge in [-0.05, 0) is 71.5 Å². The molecule has 0 unspecified atom stereocenters. The first-order valence-corrected chi connectivity index (χ1v) is 9.04. The number of ether oxygens (including phenoxy) is 1. The molecule has 2 aromatic rings. The van der Waals surface area contributed by atoms with Gasteiger partial charge in [-0.1, -0.05) is 12.1 Å². The first-order chi connectivity index (χ1) is 12.5. The fourth-order valence-electron chi connectivity index (χ4n) is 2.09. The number of benzene rings is 2. The molecular weight excluding hydrogens is 445 g/mol. The number of hydrazone groups is 1. The largest absolute Gasteiger partial charge is 0.497 e. The summed E-state index contributed by atoms with van der Waals surface area (Å²) in [6.07, 6.45) is 0.114. The van der Waals surface area contributed by atoms with E-state index in [1.54, 1.807) is 26.2 Å². The molecule has 0 spiro atoms. The monoisotopic (exact) mass is 465 g/mol. The maximum Gasteiger partial charge on any atom is 0.271 e. The van der Waals surface area contributed by atoms with E-state index in [1.807, 2.05) is 36.4 Å². The van der Waals surface area contributed by atoms with E-state index in [4.69, 9.17) is 4.74 Å². The third kappa shape index (κ3) is 6.47. The summed E-state index contributed by atoms with van der Waals surface area (Å²) < 4.78 is 6.14. The van der Waals surface area contributed by atoms with E-state index in [0.717, 1.165) is 14.9 Å². The van der Waals surface area contributed by atoms with Crippen molar-refractivity contribution < 1.29 is 14.3 Å². The van der Waals surface area contributed by atoms with Crippen molar-refractivity contribution in [3.8, 4) is 5.75 Å². The zero-order chi connectivity index (χ0) is 18.9. The zero-order valence-corrected chi connectivity index (χ0v) is 16.7. The molecule has 0 aliphatic heterocycles. The molecule has 0 bridgehead atoms. The normalized spacial score (nSPS) is 11.0. The second-order valence-electron chi connectivity index (χ2n) is 5.60. The van der Waals surface area contributed by atoms with Gasteiger partial charge in [0.15, 0.2) is 0 Å². The number of amides is 2. The van der Waals surface area contributed by atoms with Gasteiger partial charge < -0.3 is 10.1 Å². The second-order valence-corrected chi connectivity index (χ2v) is 6.84. The molecule has 2 N–H and O–H groups in total. The number of methoxy groups -OCH3 is 1. The van der Waals surface area contributed by atoms with Gasteiger partial charge in [0.25, 0.3) is 5.91 Å². The van der Waals surface area contributed by atoms with E-state index >= 15 is 0 Å². The molecule has 2 aromatic carbocycles. The number of rotatable bonds is 7. The minimum Gasteiger partial charge on any atom is -0.497 e. The SMILES string of the molecule is COc1ccc(CNC(=O)C/C(C)=N\NC(=O)c2ccc(I)cc2)cc1. The van der Waals surface area contributed by atoms with Crippen LogP contribution in [0.15, 0.2) is 53.6 Å². The Hall–Kier alpha value is -2.42. The first-order valence-electron chi connectivity index (χ1n) is 7.96. The van der Waals surface area contributed by atoms with Gasteiger partial charge >= 0.3 is 0 Å². The van der Waals surface area contributed by atoms with Crippen LogP contribution in [0.3, 0.4) is 0 Å². The summed E-state index contributed by atoms with van der Waals surface area (Å²) in [5, 5.41) is 6.80. The fourth-order valence-corrected chi connectivity index (χ4v) is 2.45. The molecule has 0 aliphatic carbocycles. The highest BCUT2D eigenvalue weighted by Gasteiger charge is 2.07. The lowest BCUT2D eigenvalue weighted by Gasteiger charge is -2.07. The quantitative estimate of drug-likeness (QED) is 0.375. The van der Waals surface area contributed by atoms with E-state index in [0.29, 0.717) is 17.8 Å². The van der Waals surface area contributed by atoms with Crippen molar-refractivity contribution in [2.24, 2.45) is 5.10 Å². The van der Waals surface area contributed by atoms with Crippen LogP contribution in [-0.2, 0) is 11.3 Å². The highest BCUT2D eigenvalue weighted by Crippen LogP contribution is 2.11. The maximum absolute atomic E-state index is 12.0. The van der Waals surface area contributed by atoms with Crippen molar-refractivity contribution in [1.82, 2.24) is 10.7 Å². The highest BCUT2D eigenvalue weighted by atomic mass is 127. The number of hydrogen-bond acceptors (Lipinski definition) is 4. The van der Waals surface area contributed by atoms with Crippen molar-refractivity contribution in [3.63, 3.8) is 0 Å². The lowest BCUT2D eigenvalue weighted by Crippen LogP contribution is -2.26. The summed E-state index contributed by atoms with van der Waals surface area (Å²) in [5.41, 5.74) is 4.48. The molecule has 6 nitrogen and oxygen atoms in total. The van der Waals surface area contributed by atoms with Gasteiger partial charge in [0.2, 0.25) is 5.91 Å². The number of halogens is 1. The average Bonchev–Trinajstić information content (AvgIpc) is 2.65. The summed E-state index contributed by atoms with van der Waals surface area (Å²) in [7, 11) is 1.61. The van der Waals surface area contributed by atoms with Gasteiger partial charge in [-0.25, -0.2) is 5.43 Å². The molecule has 0 radical (unpaired) electrons. The molecule has 0 aromatic heterocycles. The lowest BCUT2D eigenvalue weighted by molar-refractivity contribution is -0.120. The van der Waals surface area contributed by atoms with Gasteiger partial charge in [0.05, 0.1) is 13.5 Å². The molecule has 0 saturated heterocycles. The Bertz CT molecular complexity index is 787. The molecule has 0 fully saturated rings. The van der Waals surface area contributed by atoms with Crippen LogP contribution >= 0.6 is 22.6 Å². The van der Waals surface area contributed by atoms with Crippen LogP contribution in [-0.4, -0.2) is 24.6 Å². The van der Waals surface area contributed by atoms with Crippen molar-refractivity contribution >= 4 is 40.1 Å². The topological polar surface area (TPSA) is 79.8 Å². The molecule has 136 valence electrons. The van der Waals surface area contributed by atoms with E-state index in [2.05, 4.69) is 38.4 Å². The van der Waals surface area contributed by atoms with Crippen molar-refractivity contribution in [1.29, 1.82) is 0 Å². The average molecular weight is 465 g/mol. The Kier molecular flexibility index (Phi) is 7.58. The molecule has 0 atom stereocenters. The predicted octanol–water partition coefficient (Wildman–Crippen LogP) is 3.11. The van der Waals surface area contributed by atoms with Crippen LogP contribution in [0.4, 0.5) is 0 Å². The van der Waals surface area contributed by atoms with E-state index in [1.165, 1.54) is 0 Å². The molecule has 2 rings (SSSR count). The number of nitrogens with zero attached hydrogens (tertiary/aromatic N) is 1. The van der Waals surface area contributed by atoms with Gasteiger partial charge in [-0.15, -0.1) is 0 Å². The summed E-state index contributed by atoms with van der Waals surface area (Å²) >= 11 is 2.17. The second kappa shape index (κ2) is 9.91. The fraction of sp³-hybridized carbons (Fsp3) is 0.211. The standard InChI is InChI=1S/C19H20IN3O3/c1-13(22-23-19(25)15-5-7-16(20)8-6-15)11-18(24)21-12-14-3-9-17(26-2)10-4-14/h3-10H,11-12H2,1-2H3,(H,21,24)(H,23,25)/b22-13-. The number of carbonyl (C=O) groups is 2. The molecule has 7 heteroatoms. The van der Waals surface area contributed by atoms with Crippen LogP contribution in [0.25, 0.3) is 0 Å². The molecule has 26 heavy (non-hydrogen) atoms. The molecule has 2 amide bonds. The lowest BCUT2D eigenvalue weighted by atomic mass is 10.2. The number of nitrogens with one attached hydrogen (secondary N) is 2. The highest BCUT2D eigenvalue weighted by molar-refractivity contribution is 14.1. The van der Waals surface area contributed by atoms with Crippen LogP contribution in [0.1, 0.15) is 29.3 Å². The third-order valence-corrected chi connectivity index (χ3v) is 4.24. The number of carbonyl (C=O) groups excluding carboxylic acids is 2. The van der Waals surface area contributed by atoms with Crippen LogP contribution in [0.5, 0.6) is 5.75 Å². The van der Waals surface area contributed by atoms with Gasteiger partial charge in [0, 0.05) is 21.4 Å². The summed E-state index contributed by atoms with van der Waals surface area (Å²) in [5.74, 6) is 0.303. The summed E-state index contributed by atoms with van der Waals surface area (Å²) in [4.78, 5) is 23.9. The van der Waals surface area contributed by atoms with Crippen LogP contribution < -0.4 is 15.5 Å².